The van der Waals surface area contributed by atoms with Gasteiger partial charge in [0.15, 0.2) is 10.1 Å². The molecule has 2 aromatic heterocycles. The van der Waals surface area contributed by atoms with E-state index in [0.717, 1.165) is 10.0 Å². The molecule has 1 atom stereocenters. The zero-order valence-corrected chi connectivity index (χ0v) is 15.5. The highest BCUT2D eigenvalue weighted by Crippen LogP contribution is 2.30. The van der Waals surface area contributed by atoms with E-state index in [2.05, 4.69) is 9.97 Å². The molecule has 0 aliphatic heterocycles. The van der Waals surface area contributed by atoms with Gasteiger partial charge >= 0.3 is 5.97 Å². The standard InChI is InChI=1S/C16H20N2O3S2/c1-6-21-15(20)12-9(3)13(18-10(12)4)14(19)11(5)23-16-17-8(2)7-22-16/h7,11,18H,6H2,1-5H3/t11-/m0/s1. The predicted octanol–water partition coefficient (Wildman–Crippen LogP) is 3.94. The lowest BCUT2D eigenvalue weighted by Crippen LogP contribution is -2.15. The smallest absolute Gasteiger partial charge is 0.340 e. The predicted molar refractivity (Wildman–Crippen MR) is 92.7 cm³/mol. The van der Waals surface area contributed by atoms with Gasteiger partial charge in [-0.3, -0.25) is 4.79 Å². The molecule has 0 aliphatic rings. The maximum absolute atomic E-state index is 12.7. The summed E-state index contributed by atoms with van der Waals surface area (Å²) in [4.78, 5) is 32.1. The normalized spacial score (nSPS) is 12.2. The molecule has 0 unspecified atom stereocenters. The van der Waals surface area contributed by atoms with Gasteiger partial charge in [-0.1, -0.05) is 11.8 Å². The van der Waals surface area contributed by atoms with Gasteiger partial charge in [-0.15, -0.1) is 11.3 Å². The van der Waals surface area contributed by atoms with Crippen LogP contribution in [0.2, 0.25) is 0 Å². The lowest BCUT2D eigenvalue weighted by Gasteiger charge is -2.08. The number of esters is 1. The minimum absolute atomic E-state index is 0.0426. The fourth-order valence-corrected chi connectivity index (χ4v) is 4.34. The average molecular weight is 352 g/mol. The van der Waals surface area contributed by atoms with Gasteiger partial charge in [0.2, 0.25) is 0 Å². The molecule has 124 valence electrons. The first kappa shape index (κ1) is 17.7. The summed E-state index contributed by atoms with van der Waals surface area (Å²) >= 11 is 2.96. The fourth-order valence-electron chi connectivity index (χ4n) is 2.30. The van der Waals surface area contributed by atoms with Crippen molar-refractivity contribution in [1.29, 1.82) is 0 Å². The minimum Gasteiger partial charge on any atom is -0.462 e. The molecule has 0 saturated heterocycles. The van der Waals surface area contributed by atoms with Gasteiger partial charge in [-0.2, -0.15) is 0 Å². The molecule has 0 spiro atoms. The van der Waals surface area contributed by atoms with Gasteiger partial charge in [0.25, 0.3) is 0 Å². The number of carbonyl (C=O) groups excluding carboxylic acids is 2. The van der Waals surface area contributed by atoms with Gasteiger partial charge in [-0.25, -0.2) is 9.78 Å². The number of nitrogens with zero attached hydrogens (tertiary/aromatic N) is 1. The zero-order valence-electron chi connectivity index (χ0n) is 13.9. The highest BCUT2D eigenvalue weighted by molar-refractivity contribution is 8.02. The number of rotatable bonds is 6. The third kappa shape index (κ3) is 3.84. The molecule has 0 fully saturated rings. The summed E-state index contributed by atoms with van der Waals surface area (Å²) in [5.74, 6) is -0.437. The van der Waals surface area contributed by atoms with Crippen molar-refractivity contribution in [3.63, 3.8) is 0 Å². The number of ether oxygens (including phenoxy) is 1. The van der Waals surface area contributed by atoms with Crippen LogP contribution in [-0.4, -0.2) is 33.6 Å². The van der Waals surface area contributed by atoms with Crippen LogP contribution in [0, 0.1) is 20.8 Å². The Labute approximate surface area is 143 Å². The van der Waals surface area contributed by atoms with E-state index in [-0.39, 0.29) is 11.0 Å². The molecule has 0 aliphatic carbocycles. The average Bonchev–Trinajstić information content (AvgIpc) is 3.01. The minimum atomic E-state index is -0.395. The van der Waals surface area contributed by atoms with Crippen LogP contribution < -0.4 is 0 Å². The topological polar surface area (TPSA) is 72.1 Å². The van der Waals surface area contributed by atoms with E-state index in [4.69, 9.17) is 4.74 Å². The van der Waals surface area contributed by atoms with Crippen LogP contribution >= 0.6 is 23.1 Å². The lowest BCUT2D eigenvalue weighted by molar-refractivity contribution is 0.0525. The first-order chi connectivity index (χ1) is 10.8. The number of aromatic amines is 1. The quantitative estimate of drug-likeness (QED) is 0.484. The second kappa shape index (κ2) is 7.31. The number of ketones is 1. The Kier molecular flexibility index (Phi) is 5.64. The number of hydrogen-bond acceptors (Lipinski definition) is 6. The van der Waals surface area contributed by atoms with Crippen LogP contribution in [0.15, 0.2) is 9.72 Å². The molecule has 7 heteroatoms. The van der Waals surface area contributed by atoms with Crippen molar-refractivity contribution in [3.05, 3.63) is 33.6 Å². The molecule has 0 saturated carbocycles. The molecule has 23 heavy (non-hydrogen) atoms. The zero-order chi connectivity index (χ0) is 17.1. The van der Waals surface area contributed by atoms with Gasteiger partial charge in [-0.05, 0) is 40.2 Å². The summed E-state index contributed by atoms with van der Waals surface area (Å²) in [6.07, 6.45) is 0. The van der Waals surface area contributed by atoms with E-state index >= 15 is 0 Å². The number of Topliss-reactive ketones (excluding diaryl/α,β-unsaturated/α-hetero) is 1. The molecule has 2 heterocycles. The van der Waals surface area contributed by atoms with E-state index in [9.17, 15) is 9.59 Å². The molecular formula is C16H20N2O3S2. The number of thioether (sulfide) groups is 1. The van der Waals surface area contributed by atoms with Crippen LogP contribution in [-0.2, 0) is 4.74 Å². The van der Waals surface area contributed by atoms with Crippen molar-refractivity contribution in [2.75, 3.05) is 6.61 Å². The lowest BCUT2D eigenvalue weighted by atomic mass is 10.1. The van der Waals surface area contributed by atoms with Crippen molar-refractivity contribution < 1.29 is 14.3 Å². The number of thiazole rings is 1. The van der Waals surface area contributed by atoms with Crippen molar-refractivity contribution in [2.45, 2.75) is 44.2 Å². The Bertz CT molecular complexity index is 734. The third-order valence-corrected chi connectivity index (χ3v) is 5.60. The van der Waals surface area contributed by atoms with E-state index < -0.39 is 5.97 Å². The largest absolute Gasteiger partial charge is 0.462 e. The van der Waals surface area contributed by atoms with E-state index in [1.165, 1.54) is 23.1 Å². The molecule has 2 aromatic rings. The Morgan fingerprint density at radius 2 is 2.09 bits per heavy atom. The van der Waals surface area contributed by atoms with Crippen LogP contribution in [0.1, 0.15) is 51.6 Å². The fraction of sp³-hybridized carbons (Fsp3) is 0.438. The van der Waals surface area contributed by atoms with Crippen LogP contribution in [0.4, 0.5) is 0 Å². The molecular weight excluding hydrogens is 332 g/mol. The molecule has 1 N–H and O–H groups in total. The molecule has 0 radical (unpaired) electrons. The van der Waals surface area contributed by atoms with Gasteiger partial charge in [0.1, 0.15) is 0 Å². The van der Waals surface area contributed by atoms with Crippen molar-refractivity contribution in [3.8, 4) is 0 Å². The van der Waals surface area contributed by atoms with Crippen molar-refractivity contribution in [2.24, 2.45) is 0 Å². The van der Waals surface area contributed by atoms with Crippen LogP contribution in [0.5, 0.6) is 0 Å². The van der Waals surface area contributed by atoms with E-state index in [1.54, 1.807) is 20.8 Å². The maximum Gasteiger partial charge on any atom is 0.340 e. The molecule has 0 bridgehead atoms. The third-order valence-electron chi connectivity index (χ3n) is 3.41. The maximum atomic E-state index is 12.7. The Balaban J connectivity index is 2.22. The van der Waals surface area contributed by atoms with E-state index in [1.807, 2.05) is 19.2 Å². The number of nitrogens with one attached hydrogen (secondary N) is 1. The van der Waals surface area contributed by atoms with Gasteiger partial charge in [0, 0.05) is 16.8 Å². The Morgan fingerprint density at radius 3 is 2.65 bits per heavy atom. The number of H-pyrrole nitrogens is 1. The second-order valence-electron chi connectivity index (χ2n) is 5.22. The number of hydrogen-bond donors (Lipinski definition) is 1. The van der Waals surface area contributed by atoms with Crippen molar-refractivity contribution >= 4 is 34.9 Å². The Hall–Kier alpha value is -1.60. The first-order valence-corrected chi connectivity index (χ1v) is 9.10. The highest BCUT2D eigenvalue weighted by Gasteiger charge is 2.26. The van der Waals surface area contributed by atoms with E-state index in [0.29, 0.717) is 29.1 Å². The summed E-state index contributed by atoms with van der Waals surface area (Å²) in [6, 6.07) is 0. The summed E-state index contributed by atoms with van der Waals surface area (Å²) in [5.41, 5.74) is 3.19. The monoisotopic (exact) mass is 352 g/mol. The highest BCUT2D eigenvalue weighted by atomic mass is 32.2. The van der Waals surface area contributed by atoms with Crippen molar-refractivity contribution in [1.82, 2.24) is 9.97 Å². The van der Waals surface area contributed by atoms with Gasteiger partial charge in [0.05, 0.1) is 23.1 Å². The number of aromatic nitrogens is 2. The summed E-state index contributed by atoms with van der Waals surface area (Å²) in [5, 5.41) is 1.68. The molecule has 5 nitrogen and oxygen atoms in total. The second-order valence-corrected chi connectivity index (χ2v) is 7.67. The summed E-state index contributed by atoms with van der Waals surface area (Å²) < 4.78 is 5.93. The SMILES string of the molecule is CCOC(=O)c1c(C)[nH]c(C(=O)[C@H](C)Sc2nc(C)cs2)c1C. The van der Waals surface area contributed by atoms with Gasteiger partial charge < -0.3 is 9.72 Å². The number of aryl methyl sites for hydroxylation is 2. The molecule has 0 amide bonds. The Morgan fingerprint density at radius 1 is 1.39 bits per heavy atom. The number of carbonyl (C=O) groups is 2. The van der Waals surface area contributed by atoms with Crippen LogP contribution in [0.3, 0.4) is 0 Å². The summed E-state index contributed by atoms with van der Waals surface area (Å²) in [7, 11) is 0. The first-order valence-electron chi connectivity index (χ1n) is 7.34. The van der Waals surface area contributed by atoms with Crippen LogP contribution in [0.25, 0.3) is 0 Å². The molecule has 0 aromatic carbocycles. The molecule has 2 rings (SSSR count). The summed E-state index contributed by atoms with van der Waals surface area (Å²) in [6.45, 7) is 9.39.